The fourth-order valence-electron chi connectivity index (χ4n) is 1.15. The van der Waals surface area contributed by atoms with E-state index in [1.54, 1.807) is 11.8 Å². The van der Waals surface area contributed by atoms with Crippen LogP contribution in [0.25, 0.3) is 0 Å². The van der Waals surface area contributed by atoms with E-state index in [0.717, 1.165) is 5.75 Å². The van der Waals surface area contributed by atoms with Crippen LogP contribution in [-0.2, 0) is 9.53 Å². The van der Waals surface area contributed by atoms with Crippen LogP contribution in [-0.4, -0.2) is 17.8 Å². The van der Waals surface area contributed by atoms with Gasteiger partial charge in [0.1, 0.15) is 0 Å². The Hall–Kier alpha value is -0.960. The third-order valence-electron chi connectivity index (χ3n) is 2.00. The van der Waals surface area contributed by atoms with E-state index in [-0.39, 0.29) is 18.0 Å². The van der Waals surface area contributed by atoms with Crippen LogP contribution < -0.4 is 0 Å². The van der Waals surface area contributed by atoms with Crippen LogP contribution in [0.5, 0.6) is 0 Å². The number of thioether (sulfide) groups is 1. The van der Waals surface area contributed by atoms with E-state index >= 15 is 0 Å². The third kappa shape index (κ3) is 4.71. The molecular weight excluding hydrogens is 220 g/mol. The standard InChI is InChI=1S/C13H18O2S/c1-10(2)15-13(14)11(3)9-16-12-7-5-4-6-8-12/h4-8,10-11H,9H2,1-3H3. The highest BCUT2D eigenvalue weighted by Gasteiger charge is 2.15. The molecular formula is C13H18O2S. The van der Waals surface area contributed by atoms with Gasteiger partial charge < -0.3 is 4.74 Å². The maximum Gasteiger partial charge on any atom is 0.309 e. The fraction of sp³-hybridized carbons (Fsp3) is 0.462. The van der Waals surface area contributed by atoms with E-state index in [0.29, 0.717) is 0 Å². The Morgan fingerprint density at radius 1 is 1.25 bits per heavy atom. The quantitative estimate of drug-likeness (QED) is 0.581. The summed E-state index contributed by atoms with van der Waals surface area (Å²) in [4.78, 5) is 12.7. The Morgan fingerprint density at radius 3 is 2.44 bits per heavy atom. The lowest BCUT2D eigenvalue weighted by Gasteiger charge is -2.13. The number of carbonyl (C=O) groups excluding carboxylic acids is 1. The highest BCUT2D eigenvalue weighted by molar-refractivity contribution is 7.99. The Morgan fingerprint density at radius 2 is 1.88 bits per heavy atom. The lowest BCUT2D eigenvalue weighted by Crippen LogP contribution is -2.20. The number of hydrogen-bond acceptors (Lipinski definition) is 3. The number of ether oxygens (including phenoxy) is 1. The zero-order valence-electron chi connectivity index (χ0n) is 9.97. The Kier molecular flexibility index (Phi) is 5.39. The molecule has 16 heavy (non-hydrogen) atoms. The molecule has 0 bridgehead atoms. The van der Waals surface area contributed by atoms with Crippen molar-refractivity contribution in [1.82, 2.24) is 0 Å². The van der Waals surface area contributed by atoms with Gasteiger partial charge in [-0.2, -0.15) is 0 Å². The molecule has 1 atom stereocenters. The van der Waals surface area contributed by atoms with Crippen LogP contribution in [0.15, 0.2) is 35.2 Å². The summed E-state index contributed by atoms with van der Waals surface area (Å²) >= 11 is 1.68. The van der Waals surface area contributed by atoms with Gasteiger partial charge in [-0.3, -0.25) is 4.79 Å². The molecule has 0 aliphatic heterocycles. The molecule has 0 amide bonds. The van der Waals surface area contributed by atoms with Crippen molar-refractivity contribution >= 4 is 17.7 Å². The second kappa shape index (κ2) is 6.59. The summed E-state index contributed by atoms with van der Waals surface area (Å²) in [7, 11) is 0. The summed E-state index contributed by atoms with van der Waals surface area (Å²) in [6, 6.07) is 10.1. The Bertz CT molecular complexity index is 322. The fourth-order valence-corrected chi connectivity index (χ4v) is 2.08. The maximum absolute atomic E-state index is 11.5. The van der Waals surface area contributed by atoms with Gasteiger partial charge in [0.15, 0.2) is 0 Å². The molecule has 88 valence electrons. The predicted octanol–water partition coefficient (Wildman–Crippen LogP) is 3.37. The molecule has 2 nitrogen and oxygen atoms in total. The number of esters is 1. The predicted molar refractivity (Wildman–Crippen MR) is 67.6 cm³/mol. The first-order chi connectivity index (χ1) is 7.59. The van der Waals surface area contributed by atoms with E-state index in [1.165, 1.54) is 4.90 Å². The molecule has 0 radical (unpaired) electrons. The molecule has 0 saturated carbocycles. The molecule has 1 unspecified atom stereocenters. The van der Waals surface area contributed by atoms with Gasteiger partial charge in [-0.1, -0.05) is 25.1 Å². The van der Waals surface area contributed by atoms with Gasteiger partial charge in [0.2, 0.25) is 0 Å². The maximum atomic E-state index is 11.5. The lowest BCUT2D eigenvalue weighted by molar-refractivity contribution is -0.150. The second-order valence-corrected chi connectivity index (χ2v) is 5.10. The molecule has 0 N–H and O–H groups in total. The van der Waals surface area contributed by atoms with Crippen molar-refractivity contribution in [3.8, 4) is 0 Å². The summed E-state index contributed by atoms with van der Waals surface area (Å²) in [6.45, 7) is 5.64. The molecule has 1 rings (SSSR count). The molecule has 3 heteroatoms. The highest BCUT2D eigenvalue weighted by Crippen LogP contribution is 2.20. The zero-order valence-corrected chi connectivity index (χ0v) is 10.8. The highest BCUT2D eigenvalue weighted by atomic mass is 32.2. The smallest absolute Gasteiger partial charge is 0.309 e. The van der Waals surface area contributed by atoms with Gasteiger partial charge in [0, 0.05) is 10.6 Å². The van der Waals surface area contributed by atoms with Crippen molar-refractivity contribution in [3.05, 3.63) is 30.3 Å². The summed E-state index contributed by atoms with van der Waals surface area (Å²) < 4.78 is 5.15. The van der Waals surface area contributed by atoms with E-state index in [1.807, 2.05) is 51.1 Å². The van der Waals surface area contributed by atoms with E-state index in [2.05, 4.69) is 0 Å². The van der Waals surface area contributed by atoms with Crippen LogP contribution in [0.4, 0.5) is 0 Å². The van der Waals surface area contributed by atoms with Crippen molar-refractivity contribution in [2.45, 2.75) is 31.8 Å². The average Bonchev–Trinajstić information content (AvgIpc) is 2.26. The van der Waals surface area contributed by atoms with Crippen LogP contribution in [0.1, 0.15) is 20.8 Å². The van der Waals surface area contributed by atoms with Crippen molar-refractivity contribution < 1.29 is 9.53 Å². The summed E-state index contributed by atoms with van der Waals surface area (Å²) in [5.41, 5.74) is 0. The topological polar surface area (TPSA) is 26.3 Å². The Labute approximate surface area is 101 Å². The SMILES string of the molecule is CC(C)OC(=O)C(C)CSc1ccccc1. The zero-order chi connectivity index (χ0) is 12.0. The molecule has 0 aliphatic rings. The molecule has 1 aromatic rings. The molecule has 0 heterocycles. The monoisotopic (exact) mass is 238 g/mol. The van der Waals surface area contributed by atoms with Crippen LogP contribution in [0, 0.1) is 5.92 Å². The summed E-state index contributed by atoms with van der Waals surface area (Å²) in [5, 5.41) is 0. The van der Waals surface area contributed by atoms with Gasteiger partial charge in [-0.15, -0.1) is 11.8 Å². The molecule has 0 spiro atoms. The van der Waals surface area contributed by atoms with Gasteiger partial charge in [0.05, 0.1) is 12.0 Å². The number of benzene rings is 1. The van der Waals surface area contributed by atoms with Gasteiger partial charge in [-0.05, 0) is 26.0 Å². The minimum atomic E-state index is -0.113. The van der Waals surface area contributed by atoms with Gasteiger partial charge in [0.25, 0.3) is 0 Å². The number of rotatable bonds is 5. The molecule has 1 aromatic carbocycles. The molecule has 0 fully saturated rings. The van der Waals surface area contributed by atoms with E-state index in [4.69, 9.17) is 4.74 Å². The van der Waals surface area contributed by atoms with Crippen molar-refractivity contribution in [2.75, 3.05) is 5.75 Å². The van der Waals surface area contributed by atoms with Crippen LogP contribution in [0.3, 0.4) is 0 Å². The summed E-state index contributed by atoms with van der Waals surface area (Å²) in [6.07, 6.45) is -0.0309. The average molecular weight is 238 g/mol. The minimum Gasteiger partial charge on any atom is -0.463 e. The first-order valence-corrected chi connectivity index (χ1v) is 6.46. The van der Waals surface area contributed by atoms with Gasteiger partial charge in [-0.25, -0.2) is 0 Å². The van der Waals surface area contributed by atoms with E-state index < -0.39 is 0 Å². The van der Waals surface area contributed by atoms with Gasteiger partial charge >= 0.3 is 5.97 Å². The number of carbonyl (C=O) groups is 1. The first kappa shape index (κ1) is 13.1. The van der Waals surface area contributed by atoms with E-state index in [9.17, 15) is 4.79 Å². The normalized spacial score (nSPS) is 12.5. The molecule has 0 aliphatic carbocycles. The molecule has 0 saturated heterocycles. The van der Waals surface area contributed by atoms with Crippen molar-refractivity contribution in [3.63, 3.8) is 0 Å². The minimum absolute atomic E-state index is 0.0309. The number of hydrogen-bond donors (Lipinski definition) is 0. The molecule has 0 aromatic heterocycles. The van der Waals surface area contributed by atoms with Crippen LogP contribution >= 0.6 is 11.8 Å². The largest absolute Gasteiger partial charge is 0.463 e. The summed E-state index contributed by atoms with van der Waals surface area (Å²) in [5.74, 6) is 0.585. The Balaban J connectivity index is 2.35. The van der Waals surface area contributed by atoms with Crippen molar-refractivity contribution in [2.24, 2.45) is 5.92 Å². The first-order valence-electron chi connectivity index (χ1n) is 5.48. The van der Waals surface area contributed by atoms with Crippen LogP contribution in [0.2, 0.25) is 0 Å². The lowest BCUT2D eigenvalue weighted by atomic mass is 10.2. The second-order valence-electron chi connectivity index (χ2n) is 4.01. The van der Waals surface area contributed by atoms with Crippen molar-refractivity contribution in [1.29, 1.82) is 0 Å². The third-order valence-corrected chi connectivity index (χ3v) is 3.27.